The molecule has 0 aromatic heterocycles. The molecule has 3 N–H and O–H groups in total. The van der Waals surface area contributed by atoms with Crippen LogP contribution in [-0.4, -0.2) is 18.8 Å². The highest BCUT2D eigenvalue weighted by atomic mass is 16.5. The zero-order chi connectivity index (χ0) is 15.5. The predicted octanol–water partition coefficient (Wildman–Crippen LogP) is 3.27. The molecule has 0 aliphatic heterocycles. The van der Waals surface area contributed by atoms with Crippen molar-refractivity contribution in [2.24, 2.45) is 11.8 Å². The van der Waals surface area contributed by atoms with Crippen molar-refractivity contribution < 1.29 is 4.74 Å². The average Bonchev–Trinajstić information content (AvgIpc) is 2.45. The van der Waals surface area contributed by atoms with Crippen molar-refractivity contribution in [3.8, 4) is 0 Å². The molecule has 0 saturated heterocycles. The molecule has 0 radical (unpaired) electrons. The number of hydrogen-bond donors (Lipinski definition) is 2. The van der Waals surface area contributed by atoms with Gasteiger partial charge in [-0.15, -0.1) is 0 Å². The lowest BCUT2D eigenvalue weighted by Gasteiger charge is -2.44. The molecule has 1 aliphatic carbocycles. The lowest BCUT2D eigenvalue weighted by atomic mass is 9.74. The van der Waals surface area contributed by atoms with Crippen LogP contribution in [0.5, 0.6) is 0 Å². The van der Waals surface area contributed by atoms with Gasteiger partial charge in [0.15, 0.2) is 0 Å². The minimum atomic E-state index is -0.126. The summed E-state index contributed by atoms with van der Waals surface area (Å²) in [5.74, 6) is 6.69. The first-order chi connectivity index (χ1) is 9.99. The van der Waals surface area contributed by atoms with Crippen molar-refractivity contribution in [2.75, 3.05) is 7.11 Å². The van der Waals surface area contributed by atoms with Crippen LogP contribution in [0.3, 0.4) is 0 Å². The van der Waals surface area contributed by atoms with Gasteiger partial charge in [0.05, 0.1) is 11.6 Å². The third-order valence-electron chi connectivity index (χ3n) is 5.08. The van der Waals surface area contributed by atoms with Crippen LogP contribution < -0.4 is 11.3 Å². The van der Waals surface area contributed by atoms with E-state index in [9.17, 15) is 0 Å². The number of hydrogen-bond acceptors (Lipinski definition) is 3. The summed E-state index contributed by atoms with van der Waals surface area (Å²) in [6.45, 7) is 6.62. The third-order valence-corrected chi connectivity index (χ3v) is 5.08. The van der Waals surface area contributed by atoms with E-state index in [1.165, 1.54) is 29.5 Å². The van der Waals surface area contributed by atoms with E-state index in [0.717, 1.165) is 25.2 Å². The van der Waals surface area contributed by atoms with Crippen molar-refractivity contribution in [3.63, 3.8) is 0 Å². The molecule has 1 aliphatic rings. The Morgan fingerprint density at radius 3 is 2.29 bits per heavy atom. The molecule has 118 valence electrons. The van der Waals surface area contributed by atoms with Crippen LogP contribution in [0.15, 0.2) is 18.2 Å². The largest absolute Gasteiger partial charge is 0.377 e. The maximum Gasteiger partial charge on any atom is 0.0847 e. The maximum atomic E-state index is 5.97. The van der Waals surface area contributed by atoms with Gasteiger partial charge in [-0.25, -0.2) is 0 Å². The Kier molecular flexibility index (Phi) is 5.42. The summed E-state index contributed by atoms with van der Waals surface area (Å²) in [5, 5.41) is 0. The van der Waals surface area contributed by atoms with E-state index >= 15 is 0 Å². The molecule has 2 rings (SSSR count). The molecule has 3 nitrogen and oxygen atoms in total. The van der Waals surface area contributed by atoms with Gasteiger partial charge >= 0.3 is 0 Å². The van der Waals surface area contributed by atoms with Crippen molar-refractivity contribution >= 4 is 0 Å². The predicted molar refractivity (Wildman–Crippen MR) is 88.1 cm³/mol. The number of hydrazine groups is 1. The second-order valence-electron chi connectivity index (χ2n) is 6.87. The Bertz CT molecular complexity index is 444. The molecule has 1 aromatic carbocycles. The van der Waals surface area contributed by atoms with E-state index in [1.807, 2.05) is 7.11 Å². The second kappa shape index (κ2) is 6.91. The van der Waals surface area contributed by atoms with Gasteiger partial charge in [-0.3, -0.25) is 11.3 Å². The number of aryl methyl sites for hydroxylation is 2. The summed E-state index contributed by atoms with van der Waals surface area (Å²) in [6.07, 6.45) is 5.54. The highest BCUT2D eigenvalue weighted by Gasteiger charge is 2.41. The molecule has 1 aromatic rings. The second-order valence-corrected chi connectivity index (χ2v) is 6.87. The molecule has 1 unspecified atom stereocenters. The first-order valence-corrected chi connectivity index (χ1v) is 8.07. The highest BCUT2D eigenvalue weighted by molar-refractivity contribution is 5.29. The van der Waals surface area contributed by atoms with Gasteiger partial charge in [0.1, 0.15) is 0 Å². The monoisotopic (exact) mass is 290 g/mol. The summed E-state index contributed by atoms with van der Waals surface area (Å²) in [5.41, 5.74) is 6.87. The van der Waals surface area contributed by atoms with E-state index in [0.29, 0.717) is 0 Å². The number of benzene rings is 1. The van der Waals surface area contributed by atoms with E-state index in [2.05, 4.69) is 44.4 Å². The van der Waals surface area contributed by atoms with Gasteiger partial charge in [0.2, 0.25) is 0 Å². The molecule has 21 heavy (non-hydrogen) atoms. The topological polar surface area (TPSA) is 47.3 Å². The number of rotatable bonds is 5. The fourth-order valence-electron chi connectivity index (χ4n) is 3.76. The fraction of sp³-hybridized carbons (Fsp3) is 0.667. The average molecular weight is 290 g/mol. The van der Waals surface area contributed by atoms with Gasteiger partial charge in [0, 0.05) is 7.11 Å². The van der Waals surface area contributed by atoms with Crippen LogP contribution in [0.4, 0.5) is 0 Å². The Hall–Kier alpha value is -0.900. The summed E-state index contributed by atoms with van der Waals surface area (Å²) in [6, 6.07) is 6.89. The Labute approximate surface area is 129 Å². The van der Waals surface area contributed by atoms with Gasteiger partial charge in [-0.05, 0) is 57.4 Å². The number of methoxy groups -OCH3 is 1. The molecule has 0 spiro atoms. The van der Waals surface area contributed by atoms with Crippen LogP contribution in [0.25, 0.3) is 0 Å². The smallest absolute Gasteiger partial charge is 0.0847 e. The molecular formula is C18H30N2O. The third kappa shape index (κ3) is 3.85. The van der Waals surface area contributed by atoms with Crippen molar-refractivity contribution in [1.82, 2.24) is 5.43 Å². The van der Waals surface area contributed by atoms with Crippen molar-refractivity contribution in [2.45, 2.75) is 64.5 Å². The van der Waals surface area contributed by atoms with E-state index in [1.54, 1.807) is 0 Å². The molecule has 1 saturated carbocycles. The first kappa shape index (κ1) is 16.5. The standard InChI is InChI=1S/C18H30N2O/c1-13-5-7-18(21-4,8-6-13)17(20-19)12-16-10-14(2)9-15(3)11-16/h9-11,13,17,20H,5-8,12,19H2,1-4H3. The normalized spacial score (nSPS) is 27.6. The van der Waals surface area contributed by atoms with E-state index in [4.69, 9.17) is 10.6 Å². The van der Waals surface area contributed by atoms with Crippen LogP contribution in [0, 0.1) is 19.8 Å². The van der Waals surface area contributed by atoms with Crippen LogP contribution in [0.1, 0.15) is 49.3 Å². The number of ether oxygens (including phenoxy) is 1. The van der Waals surface area contributed by atoms with Gasteiger partial charge in [-0.1, -0.05) is 36.2 Å². The summed E-state index contributed by atoms with van der Waals surface area (Å²) in [7, 11) is 1.84. The molecule has 1 fully saturated rings. The fourth-order valence-corrected chi connectivity index (χ4v) is 3.76. The van der Waals surface area contributed by atoms with Crippen LogP contribution in [0.2, 0.25) is 0 Å². The lowest BCUT2D eigenvalue weighted by Crippen LogP contribution is -2.57. The Balaban J connectivity index is 2.17. The lowest BCUT2D eigenvalue weighted by molar-refractivity contribution is -0.0746. The molecular weight excluding hydrogens is 260 g/mol. The maximum absolute atomic E-state index is 5.97. The van der Waals surface area contributed by atoms with Gasteiger partial charge < -0.3 is 4.74 Å². The number of nitrogens with two attached hydrogens (primary N) is 1. The number of nitrogens with one attached hydrogen (secondary N) is 1. The highest BCUT2D eigenvalue weighted by Crippen LogP contribution is 2.37. The minimum Gasteiger partial charge on any atom is -0.377 e. The minimum absolute atomic E-state index is 0.126. The van der Waals surface area contributed by atoms with Crippen molar-refractivity contribution in [1.29, 1.82) is 0 Å². The SMILES string of the molecule is COC1(C(Cc2cc(C)cc(C)c2)NN)CCC(C)CC1. The Morgan fingerprint density at radius 2 is 1.81 bits per heavy atom. The van der Waals surface area contributed by atoms with Gasteiger partial charge in [0.25, 0.3) is 0 Å². The molecule has 1 atom stereocenters. The van der Waals surface area contributed by atoms with Crippen LogP contribution >= 0.6 is 0 Å². The zero-order valence-electron chi connectivity index (χ0n) is 13.9. The quantitative estimate of drug-likeness (QED) is 0.646. The van der Waals surface area contributed by atoms with E-state index < -0.39 is 0 Å². The van der Waals surface area contributed by atoms with Crippen molar-refractivity contribution in [3.05, 3.63) is 34.9 Å². The Morgan fingerprint density at radius 1 is 1.24 bits per heavy atom. The molecule has 0 amide bonds. The molecule has 3 heteroatoms. The first-order valence-electron chi connectivity index (χ1n) is 8.07. The summed E-state index contributed by atoms with van der Waals surface area (Å²) < 4.78 is 5.97. The summed E-state index contributed by atoms with van der Waals surface area (Å²) >= 11 is 0. The molecule has 0 heterocycles. The van der Waals surface area contributed by atoms with E-state index in [-0.39, 0.29) is 11.6 Å². The van der Waals surface area contributed by atoms with Crippen LogP contribution in [-0.2, 0) is 11.2 Å². The van der Waals surface area contributed by atoms with Gasteiger partial charge in [-0.2, -0.15) is 0 Å². The zero-order valence-corrected chi connectivity index (χ0v) is 13.9. The summed E-state index contributed by atoms with van der Waals surface area (Å²) in [4.78, 5) is 0. The molecule has 0 bridgehead atoms.